The minimum absolute atomic E-state index is 0.832. The Morgan fingerprint density at radius 3 is 2.38 bits per heavy atom. The number of nitrogens with one attached hydrogen (secondary N) is 1. The zero-order valence-corrected chi connectivity index (χ0v) is 11.2. The highest BCUT2D eigenvalue weighted by atomic mass is 15.2. The summed E-state index contributed by atoms with van der Waals surface area (Å²) in [7, 11) is 2.37. The van der Waals surface area contributed by atoms with Crippen LogP contribution in [0.2, 0.25) is 0 Å². The number of piperidine rings is 1. The molecule has 0 bridgehead atoms. The van der Waals surface area contributed by atoms with Crippen LogP contribution in [0.15, 0.2) is 0 Å². The van der Waals surface area contributed by atoms with Crippen LogP contribution >= 0.6 is 0 Å². The van der Waals surface area contributed by atoms with Crippen LogP contribution in [0.3, 0.4) is 0 Å². The summed E-state index contributed by atoms with van der Waals surface area (Å²) in [5, 5.41) is 3.47. The summed E-state index contributed by atoms with van der Waals surface area (Å²) in [5.74, 6) is 1.80. The maximum absolute atomic E-state index is 3.47. The molecule has 1 N–H and O–H groups in total. The van der Waals surface area contributed by atoms with Gasteiger partial charge < -0.3 is 10.2 Å². The van der Waals surface area contributed by atoms with Crippen LogP contribution in [0.25, 0.3) is 0 Å². The largest absolute Gasteiger partial charge is 0.317 e. The molecule has 1 aliphatic carbocycles. The summed E-state index contributed by atoms with van der Waals surface area (Å²) in [5.41, 5.74) is 0. The SMILES string of the molecule is C[C@@H]1[C@@H](C)CCC[C@@H]1N(C)C1CCNCC1. The van der Waals surface area contributed by atoms with Crippen molar-refractivity contribution >= 4 is 0 Å². The molecule has 0 radical (unpaired) electrons. The van der Waals surface area contributed by atoms with E-state index in [0.717, 1.165) is 23.9 Å². The number of hydrogen-bond donors (Lipinski definition) is 1. The third-order valence-electron chi connectivity index (χ3n) is 5.07. The van der Waals surface area contributed by atoms with Gasteiger partial charge in [-0.05, 0) is 51.2 Å². The van der Waals surface area contributed by atoms with E-state index in [1.165, 1.54) is 45.2 Å². The predicted octanol–water partition coefficient (Wildman–Crippen LogP) is 2.49. The van der Waals surface area contributed by atoms with Crippen LogP contribution in [0, 0.1) is 11.8 Å². The zero-order valence-electron chi connectivity index (χ0n) is 11.2. The molecule has 2 heteroatoms. The molecular weight excluding hydrogens is 196 g/mol. The van der Waals surface area contributed by atoms with Crippen molar-refractivity contribution in [1.82, 2.24) is 10.2 Å². The first-order valence-electron chi connectivity index (χ1n) is 7.13. The molecule has 0 aromatic carbocycles. The topological polar surface area (TPSA) is 15.3 Å². The fourth-order valence-electron chi connectivity index (χ4n) is 3.61. The van der Waals surface area contributed by atoms with Gasteiger partial charge in [-0.25, -0.2) is 0 Å². The Bertz CT molecular complexity index is 211. The average Bonchev–Trinajstić information content (AvgIpc) is 2.33. The molecule has 1 saturated heterocycles. The molecule has 1 aliphatic heterocycles. The Labute approximate surface area is 101 Å². The van der Waals surface area contributed by atoms with Gasteiger partial charge in [-0.1, -0.05) is 26.7 Å². The summed E-state index contributed by atoms with van der Waals surface area (Å²) in [6.45, 7) is 7.33. The Kier molecular flexibility index (Phi) is 4.26. The van der Waals surface area contributed by atoms with E-state index in [1.54, 1.807) is 0 Å². The Morgan fingerprint density at radius 1 is 1.00 bits per heavy atom. The second-order valence-corrected chi connectivity index (χ2v) is 5.98. The van der Waals surface area contributed by atoms with E-state index in [-0.39, 0.29) is 0 Å². The minimum Gasteiger partial charge on any atom is -0.317 e. The molecule has 1 heterocycles. The Hall–Kier alpha value is -0.0800. The van der Waals surface area contributed by atoms with E-state index in [1.807, 2.05) is 0 Å². The van der Waals surface area contributed by atoms with Crippen molar-refractivity contribution in [3.63, 3.8) is 0 Å². The predicted molar refractivity (Wildman–Crippen MR) is 69.6 cm³/mol. The molecule has 94 valence electrons. The molecule has 0 aromatic heterocycles. The third kappa shape index (κ3) is 2.60. The Morgan fingerprint density at radius 2 is 1.69 bits per heavy atom. The fraction of sp³-hybridized carbons (Fsp3) is 1.00. The van der Waals surface area contributed by atoms with Gasteiger partial charge in [0.05, 0.1) is 0 Å². The lowest BCUT2D eigenvalue weighted by atomic mass is 9.77. The van der Waals surface area contributed by atoms with E-state index in [2.05, 4.69) is 31.1 Å². The van der Waals surface area contributed by atoms with Crippen molar-refractivity contribution in [2.24, 2.45) is 11.8 Å². The van der Waals surface area contributed by atoms with Crippen molar-refractivity contribution < 1.29 is 0 Å². The van der Waals surface area contributed by atoms with Crippen LogP contribution in [0.1, 0.15) is 46.0 Å². The van der Waals surface area contributed by atoms with Gasteiger partial charge in [0, 0.05) is 12.1 Å². The van der Waals surface area contributed by atoms with Gasteiger partial charge in [-0.3, -0.25) is 0 Å². The monoisotopic (exact) mass is 224 g/mol. The summed E-state index contributed by atoms with van der Waals surface area (Å²) in [6.07, 6.45) is 6.98. The first-order valence-corrected chi connectivity index (χ1v) is 7.13. The van der Waals surface area contributed by atoms with Gasteiger partial charge in [0.15, 0.2) is 0 Å². The summed E-state index contributed by atoms with van der Waals surface area (Å²) in [6, 6.07) is 1.67. The summed E-state index contributed by atoms with van der Waals surface area (Å²) >= 11 is 0. The van der Waals surface area contributed by atoms with E-state index in [4.69, 9.17) is 0 Å². The van der Waals surface area contributed by atoms with Crippen molar-refractivity contribution in [2.75, 3.05) is 20.1 Å². The lowest BCUT2D eigenvalue weighted by molar-refractivity contribution is 0.0571. The van der Waals surface area contributed by atoms with Gasteiger partial charge in [-0.2, -0.15) is 0 Å². The normalized spacial score (nSPS) is 37.9. The van der Waals surface area contributed by atoms with Crippen molar-refractivity contribution in [3.05, 3.63) is 0 Å². The molecule has 0 spiro atoms. The van der Waals surface area contributed by atoms with Crippen LogP contribution in [-0.4, -0.2) is 37.1 Å². The molecule has 1 saturated carbocycles. The van der Waals surface area contributed by atoms with E-state index in [0.29, 0.717) is 0 Å². The number of rotatable bonds is 2. The zero-order chi connectivity index (χ0) is 11.5. The van der Waals surface area contributed by atoms with Crippen LogP contribution in [0.5, 0.6) is 0 Å². The standard InChI is InChI=1S/C14H28N2/c1-11-5-4-6-14(12(11)2)16(3)13-7-9-15-10-8-13/h11-15H,4-10H2,1-3H3/t11-,12+,14-/m0/s1. The van der Waals surface area contributed by atoms with Gasteiger partial charge >= 0.3 is 0 Å². The average molecular weight is 224 g/mol. The highest BCUT2D eigenvalue weighted by molar-refractivity contribution is 4.87. The van der Waals surface area contributed by atoms with Gasteiger partial charge in [0.2, 0.25) is 0 Å². The van der Waals surface area contributed by atoms with Gasteiger partial charge in [0.25, 0.3) is 0 Å². The molecule has 0 amide bonds. The highest BCUT2D eigenvalue weighted by Gasteiger charge is 2.33. The van der Waals surface area contributed by atoms with E-state index < -0.39 is 0 Å². The second-order valence-electron chi connectivity index (χ2n) is 5.98. The number of hydrogen-bond acceptors (Lipinski definition) is 2. The first kappa shape index (κ1) is 12.4. The quantitative estimate of drug-likeness (QED) is 0.775. The summed E-state index contributed by atoms with van der Waals surface area (Å²) in [4.78, 5) is 2.71. The molecular formula is C14H28N2. The molecule has 3 atom stereocenters. The van der Waals surface area contributed by atoms with Gasteiger partial charge in [0.1, 0.15) is 0 Å². The van der Waals surface area contributed by atoms with Crippen molar-refractivity contribution in [1.29, 1.82) is 0 Å². The maximum atomic E-state index is 3.47. The van der Waals surface area contributed by atoms with Crippen LogP contribution in [-0.2, 0) is 0 Å². The minimum atomic E-state index is 0.832. The van der Waals surface area contributed by atoms with Crippen LogP contribution in [0.4, 0.5) is 0 Å². The van der Waals surface area contributed by atoms with Gasteiger partial charge in [-0.15, -0.1) is 0 Å². The van der Waals surface area contributed by atoms with Crippen LogP contribution < -0.4 is 5.32 Å². The molecule has 2 fully saturated rings. The number of nitrogens with zero attached hydrogens (tertiary/aromatic N) is 1. The lowest BCUT2D eigenvalue weighted by Crippen LogP contribution is -2.50. The van der Waals surface area contributed by atoms with E-state index >= 15 is 0 Å². The molecule has 2 aliphatic rings. The van der Waals surface area contributed by atoms with E-state index in [9.17, 15) is 0 Å². The summed E-state index contributed by atoms with van der Waals surface area (Å²) < 4.78 is 0. The second kappa shape index (κ2) is 5.50. The fourth-order valence-corrected chi connectivity index (χ4v) is 3.61. The highest BCUT2D eigenvalue weighted by Crippen LogP contribution is 2.33. The molecule has 16 heavy (non-hydrogen) atoms. The van der Waals surface area contributed by atoms with Crippen molar-refractivity contribution in [3.8, 4) is 0 Å². The van der Waals surface area contributed by atoms with Crippen molar-refractivity contribution in [2.45, 2.75) is 58.0 Å². The maximum Gasteiger partial charge on any atom is 0.0123 e. The molecule has 2 nitrogen and oxygen atoms in total. The lowest BCUT2D eigenvalue weighted by Gasteiger charge is -2.44. The molecule has 2 rings (SSSR count). The third-order valence-corrected chi connectivity index (χ3v) is 5.07. The smallest absolute Gasteiger partial charge is 0.0123 e. The Balaban J connectivity index is 1.93. The first-order chi connectivity index (χ1) is 7.70. The molecule has 0 unspecified atom stereocenters. The molecule has 0 aromatic rings.